The van der Waals surface area contributed by atoms with Crippen molar-refractivity contribution in [3.63, 3.8) is 0 Å². The second-order valence-electron chi connectivity index (χ2n) is 6.45. The molecule has 1 atom stereocenters. The summed E-state index contributed by atoms with van der Waals surface area (Å²) in [5.41, 5.74) is 3.30. The minimum Gasteiger partial charge on any atom is -0.378 e. The Morgan fingerprint density at radius 3 is 2.63 bits per heavy atom. The summed E-state index contributed by atoms with van der Waals surface area (Å²) in [6.45, 7) is 6.08. The molecule has 2 heterocycles. The van der Waals surface area contributed by atoms with Gasteiger partial charge in [0.1, 0.15) is 0 Å². The Morgan fingerprint density at radius 2 is 2.00 bits per heavy atom. The molecular formula is C16H25N3. The first kappa shape index (κ1) is 12.9. The van der Waals surface area contributed by atoms with E-state index in [1.165, 1.54) is 50.3 Å². The molecule has 0 bridgehead atoms. The predicted octanol–water partition coefficient (Wildman–Crippen LogP) is 1.94. The first-order valence-electron chi connectivity index (χ1n) is 7.36. The van der Waals surface area contributed by atoms with E-state index in [0.717, 1.165) is 6.54 Å². The fourth-order valence-electron chi connectivity index (χ4n) is 3.46. The molecule has 3 rings (SSSR count). The summed E-state index contributed by atoms with van der Waals surface area (Å²) >= 11 is 0. The summed E-state index contributed by atoms with van der Waals surface area (Å²) in [5.74, 6) is 0. The number of nitrogens with zero attached hydrogens (tertiary/aromatic N) is 2. The van der Waals surface area contributed by atoms with E-state index in [4.69, 9.17) is 0 Å². The fourth-order valence-corrected chi connectivity index (χ4v) is 3.46. The molecular weight excluding hydrogens is 234 g/mol. The molecule has 2 fully saturated rings. The Morgan fingerprint density at radius 1 is 1.21 bits per heavy atom. The molecule has 2 aliphatic rings. The number of likely N-dealkylation sites (tertiary alicyclic amines) is 1. The van der Waals surface area contributed by atoms with Crippen LogP contribution >= 0.6 is 0 Å². The van der Waals surface area contributed by atoms with E-state index < -0.39 is 0 Å². The zero-order valence-corrected chi connectivity index (χ0v) is 12.2. The summed E-state index contributed by atoms with van der Waals surface area (Å²) in [7, 11) is 4.18. The van der Waals surface area contributed by atoms with E-state index in [-0.39, 0.29) is 0 Å². The minimum atomic E-state index is 0.587. The number of anilines is 1. The molecule has 1 aromatic carbocycles. The summed E-state index contributed by atoms with van der Waals surface area (Å²) < 4.78 is 0. The van der Waals surface area contributed by atoms with Crippen molar-refractivity contribution < 1.29 is 0 Å². The van der Waals surface area contributed by atoms with Crippen LogP contribution in [0.3, 0.4) is 0 Å². The van der Waals surface area contributed by atoms with E-state index in [1.807, 2.05) is 0 Å². The maximum atomic E-state index is 3.53. The van der Waals surface area contributed by atoms with Crippen molar-refractivity contribution in [3.05, 3.63) is 29.8 Å². The highest BCUT2D eigenvalue weighted by molar-refractivity contribution is 5.45. The molecule has 2 saturated heterocycles. The third-order valence-electron chi connectivity index (χ3n) is 4.71. The molecule has 0 amide bonds. The molecule has 19 heavy (non-hydrogen) atoms. The van der Waals surface area contributed by atoms with E-state index in [0.29, 0.717) is 5.41 Å². The van der Waals surface area contributed by atoms with Gasteiger partial charge in [-0.25, -0.2) is 0 Å². The molecule has 0 aromatic heterocycles. The van der Waals surface area contributed by atoms with Crippen molar-refractivity contribution in [2.45, 2.75) is 19.4 Å². The monoisotopic (exact) mass is 259 g/mol. The smallest absolute Gasteiger partial charge is 0.0361 e. The minimum absolute atomic E-state index is 0.587. The van der Waals surface area contributed by atoms with Crippen LogP contribution in [-0.2, 0) is 6.54 Å². The molecule has 3 nitrogen and oxygen atoms in total. The second-order valence-corrected chi connectivity index (χ2v) is 6.45. The van der Waals surface area contributed by atoms with Gasteiger partial charge in [-0.2, -0.15) is 0 Å². The number of hydrogen-bond donors (Lipinski definition) is 1. The van der Waals surface area contributed by atoms with Gasteiger partial charge in [-0.3, -0.25) is 4.90 Å². The third kappa shape index (κ3) is 2.77. The predicted molar refractivity (Wildman–Crippen MR) is 80.6 cm³/mol. The average Bonchev–Trinajstić information content (AvgIpc) is 3.01. The van der Waals surface area contributed by atoms with E-state index in [9.17, 15) is 0 Å². The number of benzene rings is 1. The van der Waals surface area contributed by atoms with Gasteiger partial charge < -0.3 is 10.2 Å². The van der Waals surface area contributed by atoms with Crippen molar-refractivity contribution in [1.82, 2.24) is 10.2 Å². The first-order chi connectivity index (χ1) is 9.17. The van der Waals surface area contributed by atoms with Crippen LogP contribution in [-0.4, -0.2) is 45.2 Å². The highest BCUT2D eigenvalue weighted by Gasteiger charge is 2.39. The van der Waals surface area contributed by atoms with E-state index in [1.54, 1.807) is 0 Å². The normalized spacial score (nSPS) is 27.3. The quantitative estimate of drug-likeness (QED) is 0.895. The van der Waals surface area contributed by atoms with Gasteiger partial charge in [-0.05, 0) is 49.0 Å². The number of hydrogen-bond acceptors (Lipinski definition) is 3. The number of nitrogens with one attached hydrogen (secondary N) is 1. The number of rotatable bonds is 3. The molecule has 0 radical (unpaired) electrons. The van der Waals surface area contributed by atoms with Crippen molar-refractivity contribution in [2.24, 2.45) is 5.41 Å². The largest absolute Gasteiger partial charge is 0.378 e. The lowest BCUT2D eigenvalue weighted by molar-refractivity contribution is 0.268. The Kier molecular flexibility index (Phi) is 3.50. The van der Waals surface area contributed by atoms with Crippen LogP contribution in [0.1, 0.15) is 18.4 Å². The maximum absolute atomic E-state index is 3.53. The average molecular weight is 259 g/mol. The van der Waals surface area contributed by atoms with Crippen LogP contribution in [0.2, 0.25) is 0 Å². The Hall–Kier alpha value is -1.06. The lowest BCUT2D eigenvalue weighted by Crippen LogP contribution is -2.28. The standard InChI is InChI=1S/C16H25N3/c1-18(2)15-5-3-14(4-6-15)11-19-10-8-16(13-19)7-9-17-12-16/h3-6,17H,7-13H2,1-2H3. The summed E-state index contributed by atoms with van der Waals surface area (Å²) in [4.78, 5) is 4.77. The van der Waals surface area contributed by atoms with Crippen molar-refractivity contribution in [1.29, 1.82) is 0 Å². The van der Waals surface area contributed by atoms with Gasteiger partial charge in [0.2, 0.25) is 0 Å². The molecule has 0 aliphatic carbocycles. The lowest BCUT2D eigenvalue weighted by atomic mass is 9.86. The van der Waals surface area contributed by atoms with Crippen LogP contribution in [0.5, 0.6) is 0 Å². The van der Waals surface area contributed by atoms with Crippen LogP contribution in [0.25, 0.3) is 0 Å². The summed E-state index contributed by atoms with van der Waals surface area (Å²) in [6, 6.07) is 8.98. The van der Waals surface area contributed by atoms with Gasteiger partial charge in [-0.15, -0.1) is 0 Å². The van der Waals surface area contributed by atoms with Gasteiger partial charge in [0.05, 0.1) is 0 Å². The molecule has 3 heteroatoms. The van der Waals surface area contributed by atoms with Crippen molar-refractivity contribution >= 4 is 5.69 Å². The fraction of sp³-hybridized carbons (Fsp3) is 0.625. The molecule has 0 saturated carbocycles. The Balaban J connectivity index is 1.60. The molecule has 1 aromatic rings. The zero-order valence-electron chi connectivity index (χ0n) is 12.2. The van der Waals surface area contributed by atoms with Crippen LogP contribution in [0, 0.1) is 5.41 Å². The molecule has 2 aliphatic heterocycles. The lowest BCUT2D eigenvalue weighted by Gasteiger charge is -2.23. The molecule has 1 unspecified atom stereocenters. The van der Waals surface area contributed by atoms with Crippen molar-refractivity contribution in [2.75, 3.05) is 45.2 Å². The Bertz CT molecular complexity index is 418. The summed E-state index contributed by atoms with van der Waals surface area (Å²) in [5, 5.41) is 3.53. The molecule has 1 N–H and O–H groups in total. The van der Waals surface area contributed by atoms with Crippen LogP contribution in [0.4, 0.5) is 5.69 Å². The van der Waals surface area contributed by atoms with Gasteiger partial charge >= 0.3 is 0 Å². The van der Waals surface area contributed by atoms with E-state index in [2.05, 4.69) is 53.5 Å². The highest BCUT2D eigenvalue weighted by atomic mass is 15.2. The third-order valence-corrected chi connectivity index (χ3v) is 4.71. The molecule has 104 valence electrons. The summed E-state index contributed by atoms with van der Waals surface area (Å²) in [6.07, 6.45) is 2.73. The van der Waals surface area contributed by atoms with Crippen LogP contribution < -0.4 is 10.2 Å². The van der Waals surface area contributed by atoms with Gasteiger partial charge in [-0.1, -0.05) is 12.1 Å². The second kappa shape index (κ2) is 5.14. The first-order valence-corrected chi connectivity index (χ1v) is 7.36. The van der Waals surface area contributed by atoms with E-state index >= 15 is 0 Å². The SMILES string of the molecule is CN(C)c1ccc(CN2CCC3(CCNC3)C2)cc1. The zero-order chi connectivity index (χ0) is 13.3. The van der Waals surface area contributed by atoms with Crippen molar-refractivity contribution in [3.8, 4) is 0 Å². The van der Waals surface area contributed by atoms with Gasteiger partial charge in [0.25, 0.3) is 0 Å². The molecule has 1 spiro atoms. The van der Waals surface area contributed by atoms with Crippen LogP contribution in [0.15, 0.2) is 24.3 Å². The highest BCUT2D eigenvalue weighted by Crippen LogP contribution is 2.36. The Labute approximate surface area is 116 Å². The van der Waals surface area contributed by atoms with Gasteiger partial charge in [0.15, 0.2) is 0 Å². The maximum Gasteiger partial charge on any atom is 0.0361 e. The topological polar surface area (TPSA) is 18.5 Å². The van der Waals surface area contributed by atoms with Gasteiger partial charge in [0, 0.05) is 39.4 Å².